The summed E-state index contributed by atoms with van der Waals surface area (Å²) in [5.41, 5.74) is 0.507. The zero-order valence-electron chi connectivity index (χ0n) is 18.6. The molecule has 4 heterocycles. The predicted octanol–water partition coefficient (Wildman–Crippen LogP) is 5.39. The summed E-state index contributed by atoms with van der Waals surface area (Å²) >= 11 is 1.32. The number of pyridine rings is 1. The number of thiophene rings is 1. The number of rotatable bonds is 4. The lowest BCUT2D eigenvalue weighted by Gasteiger charge is -2.18. The standard InChI is InChI=1S/C26H24N4O3S/c31-25-23-20(13-22(34-23)24-28-11-12-33-24)29(16-17-7-3-1-2-4-8-17)26(32)30(25)21-15-27-14-18-9-5-6-10-19(18)21/h5-6,9-15,17H,1-4,7-8,16H2. The molecule has 0 radical (unpaired) electrons. The normalized spacial score (nSPS) is 15.2. The molecule has 7 nitrogen and oxygen atoms in total. The number of oxazole rings is 1. The highest BCUT2D eigenvalue weighted by molar-refractivity contribution is 7.22. The second-order valence-electron chi connectivity index (χ2n) is 8.93. The number of nitrogens with zero attached hydrogens (tertiary/aromatic N) is 4. The van der Waals surface area contributed by atoms with Crippen LogP contribution >= 0.6 is 11.3 Å². The molecule has 1 fully saturated rings. The lowest BCUT2D eigenvalue weighted by Crippen LogP contribution is -2.39. The highest BCUT2D eigenvalue weighted by Crippen LogP contribution is 2.32. The van der Waals surface area contributed by atoms with Crippen molar-refractivity contribution < 1.29 is 4.42 Å². The molecule has 5 aromatic rings. The zero-order chi connectivity index (χ0) is 23.1. The molecule has 0 saturated heterocycles. The van der Waals surface area contributed by atoms with Gasteiger partial charge in [0.15, 0.2) is 0 Å². The minimum absolute atomic E-state index is 0.323. The molecule has 0 spiro atoms. The summed E-state index contributed by atoms with van der Waals surface area (Å²) in [6.07, 6.45) is 13.5. The summed E-state index contributed by atoms with van der Waals surface area (Å²) in [7, 11) is 0. The molecular weight excluding hydrogens is 448 g/mol. The average molecular weight is 473 g/mol. The fourth-order valence-corrected chi connectivity index (χ4v) is 6.10. The van der Waals surface area contributed by atoms with E-state index in [1.54, 1.807) is 23.2 Å². The number of hydrogen-bond acceptors (Lipinski definition) is 6. The van der Waals surface area contributed by atoms with Gasteiger partial charge in [-0.1, -0.05) is 49.9 Å². The van der Waals surface area contributed by atoms with E-state index in [2.05, 4.69) is 9.97 Å². The first kappa shape index (κ1) is 21.0. The van der Waals surface area contributed by atoms with Crippen LogP contribution in [0.25, 0.3) is 37.4 Å². The minimum atomic E-state index is -0.335. The third-order valence-electron chi connectivity index (χ3n) is 6.77. The topological polar surface area (TPSA) is 82.9 Å². The molecule has 172 valence electrons. The van der Waals surface area contributed by atoms with E-state index in [0.29, 0.717) is 34.3 Å². The number of aromatic nitrogens is 4. The Morgan fingerprint density at radius 3 is 2.68 bits per heavy atom. The molecule has 0 N–H and O–H groups in total. The zero-order valence-corrected chi connectivity index (χ0v) is 19.5. The SMILES string of the molecule is O=c1c2sc(-c3ncco3)cc2n(CC2CCCCCC2)c(=O)n1-c1cncc2ccccc12. The van der Waals surface area contributed by atoms with Crippen LogP contribution in [0.5, 0.6) is 0 Å². The van der Waals surface area contributed by atoms with Crippen molar-refractivity contribution in [3.8, 4) is 16.5 Å². The number of benzene rings is 1. The van der Waals surface area contributed by atoms with E-state index in [1.165, 1.54) is 47.9 Å². The van der Waals surface area contributed by atoms with Crippen molar-refractivity contribution in [1.82, 2.24) is 19.1 Å². The molecule has 0 atom stereocenters. The second kappa shape index (κ2) is 8.68. The maximum Gasteiger partial charge on any atom is 0.336 e. The van der Waals surface area contributed by atoms with Crippen LogP contribution < -0.4 is 11.2 Å². The van der Waals surface area contributed by atoms with E-state index in [0.717, 1.165) is 28.5 Å². The molecule has 1 saturated carbocycles. The van der Waals surface area contributed by atoms with Gasteiger partial charge in [-0.15, -0.1) is 11.3 Å². The van der Waals surface area contributed by atoms with Crippen LogP contribution in [0.2, 0.25) is 0 Å². The Labute approximate surface area is 199 Å². The quantitative estimate of drug-likeness (QED) is 0.328. The molecule has 0 aliphatic heterocycles. The van der Waals surface area contributed by atoms with Gasteiger partial charge >= 0.3 is 5.69 Å². The van der Waals surface area contributed by atoms with Gasteiger partial charge < -0.3 is 4.42 Å². The van der Waals surface area contributed by atoms with Crippen LogP contribution in [0.15, 0.2) is 69.2 Å². The Balaban J connectivity index is 1.62. The van der Waals surface area contributed by atoms with Gasteiger partial charge in [0.2, 0.25) is 5.89 Å². The Bertz CT molecular complexity index is 1580. The van der Waals surface area contributed by atoms with Gasteiger partial charge in [-0.05, 0) is 24.8 Å². The molecular formula is C26H24N4O3S. The molecule has 6 rings (SSSR count). The van der Waals surface area contributed by atoms with Gasteiger partial charge in [-0.2, -0.15) is 0 Å². The van der Waals surface area contributed by atoms with E-state index in [1.807, 2.05) is 30.3 Å². The Kier molecular flexibility index (Phi) is 5.37. The van der Waals surface area contributed by atoms with Crippen molar-refractivity contribution >= 4 is 32.3 Å². The molecule has 0 bridgehead atoms. The third kappa shape index (κ3) is 3.58. The molecule has 8 heteroatoms. The van der Waals surface area contributed by atoms with Crippen molar-refractivity contribution in [2.24, 2.45) is 5.92 Å². The monoisotopic (exact) mass is 472 g/mol. The summed E-state index contributed by atoms with van der Waals surface area (Å²) in [5, 5.41) is 1.70. The molecule has 0 unspecified atom stereocenters. The van der Waals surface area contributed by atoms with Crippen LogP contribution in [0.3, 0.4) is 0 Å². The average Bonchev–Trinajstić information content (AvgIpc) is 3.48. The predicted molar refractivity (Wildman–Crippen MR) is 134 cm³/mol. The molecule has 4 aromatic heterocycles. The van der Waals surface area contributed by atoms with Crippen molar-refractivity contribution in [2.45, 2.75) is 45.1 Å². The van der Waals surface area contributed by atoms with E-state index in [4.69, 9.17) is 4.42 Å². The van der Waals surface area contributed by atoms with Gasteiger partial charge in [0.05, 0.1) is 28.5 Å². The lowest BCUT2D eigenvalue weighted by atomic mass is 10.0. The highest BCUT2D eigenvalue weighted by atomic mass is 32.1. The minimum Gasteiger partial charge on any atom is -0.444 e. The van der Waals surface area contributed by atoms with Gasteiger partial charge in [0, 0.05) is 23.5 Å². The van der Waals surface area contributed by atoms with Gasteiger partial charge in [-0.25, -0.2) is 14.3 Å². The Morgan fingerprint density at radius 2 is 1.88 bits per heavy atom. The van der Waals surface area contributed by atoms with Crippen molar-refractivity contribution in [3.63, 3.8) is 0 Å². The first-order valence-electron chi connectivity index (χ1n) is 11.7. The maximum atomic E-state index is 14.0. The van der Waals surface area contributed by atoms with Crippen LogP contribution in [-0.2, 0) is 6.54 Å². The first-order valence-corrected chi connectivity index (χ1v) is 12.5. The van der Waals surface area contributed by atoms with Crippen LogP contribution in [-0.4, -0.2) is 19.1 Å². The van der Waals surface area contributed by atoms with Gasteiger partial charge in [0.25, 0.3) is 5.56 Å². The van der Waals surface area contributed by atoms with Crippen molar-refractivity contribution in [1.29, 1.82) is 0 Å². The smallest absolute Gasteiger partial charge is 0.336 e. The fraction of sp³-hybridized carbons (Fsp3) is 0.308. The highest BCUT2D eigenvalue weighted by Gasteiger charge is 2.23. The summed E-state index contributed by atoms with van der Waals surface area (Å²) in [4.78, 5) is 37.0. The van der Waals surface area contributed by atoms with E-state index < -0.39 is 0 Å². The second-order valence-corrected chi connectivity index (χ2v) is 9.99. The lowest BCUT2D eigenvalue weighted by molar-refractivity contribution is 0.391. The molecule has 0 amide bonds. The van der Waals surface area contributed by atoms with E-state index >= 15 is 0 Å². The molecule has 34 heavy (non-hydrogen) atoms. The van der Waals surface area contributed by atoms with Crippen LogP contribution in [0.1, 0.15) is 38.5 Å². The fourth-order valence-electron chi connectivity index (χ4n) is 5.07. The maximum absolute atomic E-state index is 14.0. The Hall–Kier alpha value is -3.52. The summed E-state index contributed by atoms with van der Waals surface area (Å²) < 4.78 is 9.10. The Morgan fingerprint density at radius 1 is 1.06 bits per heavy atom. The van der Waals surface area contributed by atoms with Crippen molar-refractivity contribution in [2.75, 3.05) is 0 Å². The first-order chi connectivity index (χ1) is 16.7. The van der Waals surface area contributed by atoms with E-state index in [-0.39, 0.29) is 11.2 Å². The van der Waals surface area contributed by atoms with Crippen LogP contribution in [0.4, 0.5) is 0 Å². The van der Waals surface area contributed by atoms with Gasteiger partial charge in [0.1, 0.15) is 11.0 Å². The van der Waals surface area contributed by atoms with Gasteiger partial charge in [-0.3, -0.25) is 14.3 Å². The van der Waals surface area contributed by atoms with Crippen molar-refractivity contribution in [3.05, 3.63) is 76.0 Å². The molecule has 1 aromatic carbocycles. The summed E-state index contributed by atoms with van der Waals surface area (Å²) in [6, 6.07) is 9.56. The molecule has 1 aliphatic rings. The number of fused-ring (bicyclic) bond motifs is 2. The largest absolute Gasteiger partial charge is 0.444 e. The summed E-state index contributed by atoms with van der Waals surface area (Å²) in [5.74, 6) is 0.859. The summed E-state index contributed by atoms with van der Waals surface area (Å²) in [6.45, 7) is 0.593. The van der Waals surface area contributed by atoms with Crippen LogP contribution in [0, 0.1) is 5.92 Å². The number of hydrogen-bond donors (Lipinski definition) is 0. The third-order valence-corrected chi connectivity index (χ3v) is 7.87. The molecule has 1 aliphatic carbocycles. The van der Waals surface area contributed by atoms with E-state index in [9.17, 15) is 9.59 Å².